The van der Waals surface area contributed by atoms with Gasteiger partial charge < -0.3 is 10.6 Å². The molecular weight excluding hydrogens is 226 g/mol. The molecule has 2 fully saturated rings. The first-order valence-electron chi connectivity index (χ1n) is 6.88. The summed E-state index contributed by atoms with van der Waals surface area (Å²) in [6, 6.07) is 2.68. The van der Waals surface area contributed by atoms with Crippen molar-refractivity contribution in [3.05, 3.63) is 17.8 Å². The molecule has 2 saturated heterocycles. The molecule has 18 heavy (non-hydrogen) atoms. The molecule has 0 saturated carbocycles. The zero-order chi connectivity index (χ0) is 12.4. The Labute approximate surface area is 108 Å². The molecule has 2 N–H and O–H groups in total. The molecule has 0 radical (unpaired) electrons. The van der Waals surface area contributed by atoms with Gasteiger partial charge in [0.25, 0.3) is 0 Å². The second-order valence-electron chi connectivity index (χ2n) is 5.22. The molecular formula is C13H21N5. The van der Waals surface area contributed by atoms with Crippen molar-refractivity contribution in [1.29, 1.82) is 0 Å². The van der Waals surface area contributed by atoms with Crippen molar-refractivity contribution in [2.24, 2.45) is 5.73 Å². The summed E-state index contributed by atoms with van der Waals surface area (Å²) in [5.74, 6) is 0.991. The Kier molecular flexibility index (Phi) is 3.43. The molecule has 0 spiro atoms. The summed E-state index contributed by atoms with van der Waals surface area (Å²) in [7, 11) is 0. The Morgan fingerprint density at radius 2 is 2.22 bits per heavy atom. The molecule has 0 aliphatic carbocycles. The smallest absolute Gasteiger partial charge is 0.155 e. The van der Waals surface area contributed by atoms with E-state index in [1.165, 1.54) is 25.8 Å². The standard InChI is InChI=1S/C13H21N5/c14-9-11-4-5-15-16-13(11)18-8-7-17-6-2-1-3-12(17)10-18/h4-5,12H,1-3,6-10,14H2. The summed E-state index contributed by atoms with van der Waals surface area (Å²) >= 11 is 0. The Bertz CT molecular complexity index is 408. The number of piperidine rings is 1. The minimum atomic E-state index is 0.537. The van der Waals surface area contributed by atoms with Gasteiger partial charge in [-0.15, -0.1) is 5.10 Å². The lowest BCUT2D eigenvalue weighted by Gasteiger charge is -2.44. The molecule has 5 nitrogen and oxygen atoms in total. The fourth-order valence-electron chi connectivity index (χ4n) is 3.12. The van der Waals surface area contributed by atoms with Gasteiger partial charge in [0.2, 0.25) is 0 Å². The molecule has 2 aliphatic rings. The molecule has 0 aromatic carbocycles. The van der Waals surface area contributed by atoms with Gasteiger partial charge in [-0.1, -0.05) is 6.42 Å². The largest absolute Gasteiger partial charge is 0.352 e. The number of hydrogen-bond acceptors (Lipinski definition) is 5. The van der Waals surface area contributed by atoms with E-state index >= 15 is 0 Å². The van der Waals surface area contributed by atoms with Crippen molar-refractivity contribution in [3.63, 3.8) is 0 Å². The molecule has 0 amide bonds. The maximum atomic E-state index is 5.78. The number of rotatable bonds is 2. The van der Waals surface area contributed by atoms with Crippen LogP contribution in [0.3, 0.4) is 0 Å². The fraction of sp³-hybridized carbons (Fsp3) is 0.692. The van der Waals surface area contributed by atoms with Crippen molar-refractivity contribution < 1.29 is 0 Å². The number of aromatic nitrogens is 2. The highest BCUT2D eigenvalue weighted by Crippen LogP contribution is 2.25. The van der Waals surface area contributed by atoms with E-state index in [2.05, 4.69) is 20.0 Å². The highest BCUT2D eigenvalue weighted by molar-refractivity contribution is 5.46. The van der Waals surface area contributed by atoms with Gasteiger partial charge in [0.15, 0.2) is 5.82 Å². The summed E-state index contributed by atoms with van der Waals surface area (Å²) in [5.41, 5.74) is 6.89. The molecule has 0 bridgehead atoms. The summed E-state index contributed by atoms with van der Waals surface area (Å²) in [6.07, 6.45) is 5.76. The number of nitrogens with two attached hydrogens (primary N) is 1. The van der Waals surface area contributed by atoms with Gasteiger partial charge in [-0.2, -0.15) is 5.10 Å². The lowest BCUT2D eigenvalue weighted by atomic mass is 9.99. The summed E-state index contributed by atoms with van der Waals surface area (Å²) in [6.45, 7) is 5.07. The van der Waals surface area contributed by atoms with E-state index in [0.717, 1.165) is 31.0 Å². The fourth-order valence-corrected chi connectivity index (χ4v) is 3.12. The van der Waals surface area contributed by atoms with Gasteiger partial charge in [-0.05, 0) is 25.5 Å². The molecule has 3 rings (SSSR count). The zero-order valence-corrected chi connectivity index (χ0v) is 10.8. The Morgan fingerprint density at radius 3 is 3.11 bits per heavy atom. The van der Waals surface area contributed by atoms with Gasteiger partial charge in [-0.25, -0.2) is 0 Å². The van der Waals surface area contributed by atoms with Crippen LogP contribution >= 0.6 is 0 Å². The van der Waals surface area contributed by atoms with Crippen LogP contribution in [0, 0.1) is 0 Å². The summed E-state index contributed by atoms with van der Waals surface area (Å²) < 4.78 is 0. The predicted molar refractivity (Wildman–Crippen MR) is 71.3 cm³/mol. The van der Waals surface area contributed by atoms with Gasteiger partial charge in [0.1, 0.15) is 0 Å². The zero-order valence-electron chi connectivity index (χ0n) is 10.8. The number of piperazine rings is 1. The van der Waals surface area contributed by atoms with Crippen molar-refractivity contribution in [2.75, 3.05) is 31.1 Å². The van der Waals surface area contributed by atoms with Crippen LogP contribution in [0.5, 0.6) is 0 Å². The number of fused-ring (bicyclic) bond motifs is 1. The van der Waals surface area contributed by atoms with E-state index in [-0.39, 0.29) is 0 Å². The molecule has 1 aromatic heterocycles. The van der Waals surface area contributed by atoms with Crippen LogP contribution in [-0.2, 0) is 6.54 Å². The van der Waals surface area contributed by atoms with Crippen molar-refractivity contribution in [2.45, 2.75) is 31.8 Å². The third-order valence-corrected chi connectivity index (χ3v) is 4.14. The normalized spacial score (nSPS) is 24.9. The molecule has 1 unspecified atom stereocenters. The minimum absolute atomic E-state index is 0.537. The maximum absolute atomic E-state index is 5.78. The number of hydrogen-bond donors (Lipinski definition) is 1. The van der Waals surface area contributed by atoms with Gasteiger partial charge in [0.05, 0.1) is 6.20 Å². The van der Waals surface area contributed by atoms with Gasteiger partial charge in [0, 0.05) is 37.8 Å². The number of nitrogens with zero attached hydrogens (tertiary/aromatic N) is 4. The Hall–Kier alpha value is -1.20. The van der Waals surface area contributed by atoms with Crippen LogP contribution in [0.25, 0.3) is 0 Å². The van der Waals surface area contributed by atoms with E-state index in [9.17, 15) is 0 Å². The molecule has 5 heteroatoms. The van der Waals surface area contributed by atoms with E-state index in [1.807, 2.05) is 6.07 Å². The monoisotopic (exact) mass is 247 g/mol. The van der Waals surface area contributed by atoms with Crippen LogP contribution in [0.15, 0.2) is 12.3 Å². The van der Waals surface area contributed by atoms with Gasteiger partial charge >= 0.3 is 0 Å². The predicted octanol–water partition coefficient (Wildman–Crippen LogP) is 0.610. The Balaban J connectivity index is 1.77. The molecule has 1 aromatic rings. The first-order valence-corrected chi connectivity index (χ1v) is 6.88. The summed E-state index contributed by atoms with van der Waals surface area (Å²) in [5, 5.41) is 8.30. The van der Waals surface area contributed by atoms with Crippen molar-refractivity contribution in [3.8, 4) is 0 Å². The second kappa shape index (κ2) is 5.20. The molecule has 98 valence electrons. The third kappa shape index (κ3) is 2.20. The van der Waals surface area contributed by atoms with Crippen molar-refractivity contribution >= 4 is 5.82 Å². The van der Waals surface area contributed by atoms with Crippen LogP contribution in [0.2, 0.25) is 0 Å². The Morgan fingerprint density at radius 1 is 1.28 bits per heavy atom. The summed E-state index contributed by atoms with van der Waals surface area (Å²) in [4.78, 5) is 4.99. The highest BCUT2D eigenvalue weighted by atomic mass is 15.3. The highest BCUT2D eigenvalue weighted by Gasteiger charge is 2.30. The maximum Gasteiger partial charge on any atom is 0.155 e. The third-order valence-electron chi connectivity index (χ3n) is 4.14. The quantitative estimate of drug-likeness (QED) is 0.830. The minimum Gasteiger partial charge on any atom is -0.352 e. The van der Waals surface area contributed by atoms with Crippen LogP contribution in [0.1, 0.15) is 24.8 Å². The first-order chi connectivity index (χ1) is 8.88. The lowest BCUT2D eigenvalue weighted by molar-refractivity contribution is 0.133. The second-order valence-corrected chi connectivity index (χ2v) is 5.22. The SMILES string of the molecule is NCc1ccnnc1N1CCN2CCCCC2C1. The molecule has 2 aliphatic heterocycles. The van der Waals surface area contributed by atoms with Crippen LogP contribution in [-0.4, -0.2) is 47.3 Å². The molecule has 3 heterocycles. The first kappa shape index (κ1) is 11.9. The lowest BCUT2D eigenvalue weighted by Crippen LogP contribution is -2.55. The van der Waals surface area contributed by atoms with E-state index in [1.54, 1.807) is 6.20 Å². The average molecular weight is 247 g/mol. The van der Waals surface area contributed by atoms with E-state index < -0.39 is 0 Å². The number of anilines is 1. The van der Waals surface area contributed by atoms with Gasteiger partial charge in [-0.3, -0.25) is 4.90 Å². The van der Waals surface area contributed by atoms with E-state index in [0.29, 0.717) is 12.6 Å². The van der Waals surface area contributed by atoms with Crippen molar-refractivity contribution in [1.82, 2.24) is 15.1 Å². The van der Waals surface area contributed by atoms with E-state index in [4.69, 9.17) is 5.73 Å². The van der Waals surface area contributed by atoms with Crippen LogP contribution in [0.4, 0.5) is 5.82 Å². The average Bonchev–Trinajstić information content (AvgIpc) is 2.46. The molecule has 1 atom stereocenters. The van der Waals surface area contributed by atoms with Crippen LogP contribution < -0.4 is 10.6 Å². The topological polar surface area (TPSA) is 58.3 Å².